The third-order valence-electron chi connectivity index (χ3n) is 3.20. The number of para-hydroxylation sites is 2. The lowest BCUT2D eigenvalue weighted by Crippen LogP contribution is -2.26. The molecule has 3 aromatic rings. The number of nitrogens with zero attached hydrogens (tertiary/aromatic N) is 1. The van der Waals surface area contributed by atoms with Crippen molar-refractivity contribution in [2.75, 3.05) is 6.54 Å². The van der Waals surface area contributed by atoms with E-state index in [1.807, 2.05) is 48.5 Å². The number of H-pyrrole nitrogens is 1. The highest BCUT2D eigenvalue weighted by Crippen LogP contribution is 2.12. The van der Waals surface area contributed by atoms with Gasteiger partial charge in [-0.1, -0.05) is 24.3 Å². The first-order valence-corrected chi connectivity index (χ1v) is 7.78. The summed E-state index contributed by atoms with van der Waals surface area (Å²) in [7, 11) is 0. The van der Waals surface area contributed by atoms with Crippen molar-refractivity contribution < 1.29 is 4.79 Å². The van der Waals surface area contributed by atoms with Gasteiger partial charge in [-0.25, -0.2) is 4.98 Å². The number of amides is 1. The van der Waals surface area contributed by atoms with Crippen LogP contribution in [0.1, 0.15) is 16.2 Å². The van der Waals surface area contributed by atoms with Crippen molar-refractivity contribution in [2.24, 2.45) is 0 Å². The van der Waals surface area contributed by atoms with Gasteiger partial charge in [-0.15, -0.1) is 0 Å². The molecule has 0 atom stereocenters. The van der Waals surface area contributed by atoms with Crippen molar-refractivity contribution in [1.29, 1.82) is 0 Å². The number of hydrogen-bond acceptors (Lipinski definition) is 2. The second-order valence-corrected chi connectivity index (χ2v) is 5.85. The standard InChI is InChI=1S/C16H14IN3O/c17-12-6-2-1-5-11(12)16(21)18-10-9-15-19-13-7-3-4-8-14(13)20-15/h1-8H,9-10H2,(H,18,21)(H,19,20). The van der Waals surface area contributed by atoms with Crippen molar-refractivity contribution in [1.82, 2.24) is 15.3 Å². The summed E-state index contributed by atoms with van der Waals surface area (Å²) >= 11 is 2.17. The molecule has 4 nitrogen and oxygen atoms in total. The number of aromatic nitrogens is 2. The van der Waals surface area contributed by atoms with E-state index in [2.05, 4.69) is 37.9 Å². The molecule has 0 aliphatic carbocycles. The molecule has 1 heterocycles. The predicted molar refractivity (Wildman–Crippen MR) is 91.3 cm³/mol. The topological polar surface area (TPSA) is 57.8 Å². The Labute approximate surface area is 136 Å². The lowest BCUT2D eigenvalue weighted by atomic mass is 10.2. The maximum Gasteiger partial charge on any atom is 0.252 e. The molecule has 2 aromatic carbocycles. The summed E-state index contributed by atoms with van der Waals surface area (Å²) in [6, 6.07) is 15.5. The lowest BCUT2D eigenvalue weighted by Gasteiger charge is -2.05. The van der Waals surface area contributed by atoms with Crippen LogP contribution in [0.4, 0.5) is 0 Å². The van der Waals surface area contributed by atoms with E-state index < -0.39 is 0 Å². The molecule has 0 aliphatic heterocycles. The second-order valence-electron chi connectivity index (χ2n) is 4.69. The third-order valence-corrected chi connectivity index (χ3v) is 4.14. The van der Waals surface area contributed by atoms with Crippen LogP contribution >= 0.6 is 22.6 Å². The molecule has 0 bridgehead atoms. The van der Waals surface area contributed by atoms with Crippen LogP contribution in [0.5, 0.6) is 0 Å². The van der Waals surface area contributed by atoms with Gasteiger partial charge in [-0.05, 0) is 46.9 Å². The molecule has 2 N–H and O–H groups in total. The molecule has 5 heteroatoms. The molecule has 0 fully saturated rings. The molecule has 3 rings (SSSR count). The minimum atomic E-state index is -0.0453. The summed E-state index contributed by atoms with van der Waals surface area (Å²) < 4.78 is 0.955. The fourth-order valence-electron chi connectivity index (χ4n) is 2.16. The smallest absolute Gasteiger partial charge is 0.252 e. The van der Waals surface area contributed by atoms with E-state index in [1.54, 1.807) is 0 Å². The van der Waals surface area contributed by atoms with E-state index in [0.717, 1.165) is 20.4 Å². The zero-order valence-electron chi connectivity index (χ0n) is 11.3. The quantitative estimate of drug-likeness (QED) is 0.672. The van der Waals surface area contributed by atoms with E-state index >= 15 is 0 Å². The SMILES string of the molecule is O=C(NCCc1nc2ccccc2[nH]1)c1ccccc1I. The Bertz CT molecular complexity index is 749. The monoisotopic (exact) mass is 391 g/mol. The van der Waals surface area contributed by atoms with Crippen molar-refractivity contribution in [3.63, 3.8) is 0 Å². The minimum absolute atomic E-state index is 0.0453. The van der Waals surface area contributed by atoms with E-state index in [1.165, 1.54) is 0 Å². The van der Waals surface area contributed by atoms with Crippen LogP contribution in [-0.4, -0.2) is 22.4 Å². The Balaban J connectivity index is 1.61. The molecule has 0 spiro atoms. The number of fused-ring (bicyclic) bond motifs is 1. The van der Waals surface area contributed by atoms with E-state index in [9.17, 15) is 4.79 Å². The lowest BCUT2D eigenvalue weighted by molar-refractivity contribution is 0.0953. The number of halogens is 1. The van der Waals surface area contributed by atoms with Crippen LogP contribution in [0, 0.1) is 3.57 Å². The first kappa shape index (κ1) is 14.1. The van der Waals surface area contributed by atoms with Gasteiger partial charge in [0.05, 0.1) is 16.6 Å². The van der Waals surface area contributed by atoms with E-state index in [0.29, 0.717) is 18.5 Å². The second kappa shape index (κ2) is 6.26. The molecule has 21 heavy (non-hydrogen) atoms. The van der Waals surface area contributed by atoms with Crippen LogP contribution in [0.2, 0.25) is 0 Å². The van der Waals surface area contributed by atoms with Crippen LogP contribution in [0.15, 0.2) is 48.5 Å². The Morgan fingerprint density at radius 2 is 1.90 bits per heavy atom. The van der Waals surface area contributed by atoms with Gasteiger partial charge in [0.25, 0.3) is 5.91 Å². The number of nitrogens with one attached hydrogen (secondary N) is 2. The number of hydrogen-bond donors (Lipinski definition) is 2. The Morgan fingerprint density at radius 3 is 2.71 bits per heavy atom. The van der Waals surface area contributed by atoms with Gasteiger partial charge in [-0.3, -0.25) is 4.79 Å². The van der Waals surface area contributed by atoms with Gasteiger partial charge < -0.3 is 10.3 Å². The highest BCUT2D eigenvalue weighted by atomic mass is 127. The molecule has 0 unspecified atom stereocenters. The van der Waals surface area contributed by atoms with Crippen molar-refractivity contribution in [3.8, 4) is 0 Å². The average Bonchev–Trinajstić information content (AvgIpc) is 2.90. The molecule has 0 aliphatic rings. The Morgan fingerprint density at radius 1 is 1.14 bits per heavy atom. The molecule has 1 amide bonds. The highest BCUT2D eigenvalue weighted by Gasteiger charge is 2.09. The molecule has 106 valence electrons. The molecule has 1 aromatic heterocycles. The van der Waals surface area contributed by atoms with Crippen LogP contribution in [-0.2, 0) is 6.42 Å². The Kier molecular flexibility index (Phi) is 4.19. The number of imidazole rings is 1. The van der Waals surface area contributed by atoms with Crippen LogP contribution in [0.25, 0.3) is 11.0 Å². The van der Waals surface area contributed by atoms with Gasteiger partial charge in [0.15, 0.2) is 0 Å². The number of carbonyl (C=O) groups excluding carboxylic acids is 1. The summed E-state index contributed by atoms with van der Waals surface area (Å²) in [5.41, 5.74) is 2.69. The summed E-state index contributed by atoms with van der Waals surface area (Å²) in [6.45, 7) is 0.559. The highest BCUT2D eigenvalue weighted by molar-refractivity contribution is 14.1. The van der Waals surface area contributed by atoms with Crippen LogP contribution in [0.3, 0.4) is 0 Å². The Hall–Kier alpha value is -1.89. The summed E-state index contributed by atoms with van der Waals surface area (Å²) in [4.78, 5) is 19.8. The van der Waals surface area contributed by atoms with Crippen molar-refractivity contribution in [3.05, 3.63) is 63.5 Å². The van der Waals surface area contributed by atoms with Crippen molar-refractivity contribution >= 4 is 39.5 Å². The fourth-order valence-corrected chi connectivity index (χ4v) is 2.79. The molecule has 0 saturated carbocycles. The molecule has 0 saturated heterocycles. The van der Waals surface area contributed by atoms with Gasteiger partial charge in [-0.2, -0.15) is 0 Å². The first-order chi connectivity index (χ1) is 10.2. The maximum atomic E-state index is 12.1. The van der Waals surface area contributed by atoms with Gasteiger partial charge >= 0.3 is 0 Å². The van der Waals surface area contributed by atoms with E-state index in [4.69, 9.17) is 0 Å². The summed E-state index contributed by atoms with van der Waals surface area (Å²) in [5, 5.41) is 2.93. The zero-order chi connectivity index (χ0) is 14.7. The molecular formula is C16H14IN3O. The maximum absolute atomic E-state index is 12.1. The minimum Gasteiger partial charge on any atom is -0.352 e. The largest absolute Gasteiger partial charge is 0.352 e. The first-order valence-electron chi connectivity index (χ1n) is 6.70. The summed E-state index contributed by atoms with van der Waals surface area (Å²) in [6.07, 6.45) is 0.684. The van der Waals surface area contributed by atoms with Gasteiger partial charge in [0.2, 0.25) is 0 Å². The number of benzene rings is 2. The van der Waals surface area contributed by atoms with Crippen molar-refractivity contribution in [2.45, 2.75) is 6.42 Å². The van der Waals surface area contributed by atoms with Crippen LogP contribution < -0.4 is 5.32 Å². The molecule has 0 radical (unpaired) electrons. The third kappa shape index (κ3) is 3.24. The number of aromatic amines is 1. The van der Waals surface area contributed by atoms with Gasteiger partial charge in [0, 0.05) is 16.5 Å². The number of rotatable bonds is 4. The zero-order valence-corrected chi connectivity index (χ0v) is 13.4. The average molecular weight is 391 g/mol. The van der Waals surface area contributed by atoms with Gasteiger partial charge in [0.1, 0.15) is 5.82 Å². The predicted octanol–water partition coefficient (Wildman–Crippen LogP) is 3.14. The van der Waals surface area contributed by atoms with E-state index in [-0.39, 0.29) is 5.91 Å². The molecular weight excluding hydrogens is 377 g/mol. The normalized spacial score (nSPS) is 10.7. The summed E-state index contributed by atoms with van der Waals surface area (Å²) in [5.74, 6) is 0.843. The fraction of sp³-hybridized carbons (Fsp3) is 0.125. The number of carbonyl (C=O) groups is 1.